The third-order valence-electron chi connectivity index (χ3n) is 4.47. The van der Waals surface area contributed by atoms with Gasteiger partial charge in [-0.3, -0.25) is 4.79 Å². The van der Waals surface area contributed by atoms with Crippen LogP contribution >= 0.6 is 0 Å². The van der Waals surface area contributed by atoms with Gasteiger partial charge in [-0.1, -0.05) is 6.07 Å². The molecule has 8 heteroatoms. The first-order valence-electron chi connectivity index (χ1n) is 8.62. The number of nitrogens with one attached hydrogen (secondary N) is 1. The first kappa shape index (κ1) is 20.4. The molecule has 0 spiro atoms. The van der Waals surface area contributed by atoms with E-state index in [1.165, 1.54) is 13.2 Å². The summed E-state index contributed by atoms with van der Waals surface area (Å²) in [6, 6.07) is 5.07. The number of nitrogens with zero attached hydrogens (tertiary/aromatic N) is 1. The Labute approximate surface area is 151 Å². The zero-order valence-corrected chi connectivity index (χ0v) is 15.1. The average Bonchev–Trinajstić information content (AvgIpc) is 3.00. The Balaban J connectivity index is 1.82. The molecule has 146 valence electrons. The van der Waals surface area contributed by atoms with Crippen LogP contribution in [0.2, 0.25) is 0 Å². The van der Waals surface area contributed by atoms with E-state index in [4.69, 9.17) is 9.47 Å². The summed E-state index contributed by atoms with van der Waals surface area (Å²) in [7, 11) is 3.42. The molecule has 1 aromatic rings. The second-order valence-corrected chi connectivity index (χ2v) is 6.47. The Hall–Kier alpha value is -1.96. The highest BCUT2D eigenvalue weighted by Gasteiger charge is 2.29. The fraction of sp³-hybridized carbons (Fsp3) is 0.611. The van der Waals surface area contributed by atoms with Crippen LogP contribution in [0, 0.1) is 0 Å². The van der Waals surface area contributed by atoms with E-state index in [9.17, 15) is 18.0 Å². The van der Waals surface area contributed by atoms with Crippen molar-refractivity contribution >= 4 is 5.91 Å². The Kier molecular flexibility index (Phi) is 7.14. The quantitative estimate of drug-likeness (QED) is 0.760. The molecule has 1 N–H and O–H groups in total. The largest absolute Gasteiger partial charge is 0.493 e. The molecule has 2 rings (SSSR count). The standard InChI is InChI=1S/C18H25F3N2O3/c1-23-9-3-4-14(23)11-22-17(24)8-6-13-5-7-15(16(10-13)25-2)26-12-18(19,20)21/h5,7,10,14H,3-4,6,8-9,11-12H2,1-2H3,(H,22,24)/t14-/m0/s1. The minimum atomic E-state index is -4.41. The number of amides is 1. The number of rotatable bonds is 8. The van der Waals surface area contributed by atoms with E-state index < -0.39 is 12.8 Å². The smallest absolute Gasteiger partial charge is 0.422 e. The van der Waals surface area contributed by atoms with Crippen molar-refractivity contribution in [2.75, 3.05) is 33.9 Å². The summed E-state index contributed by atoms with van der Waals surface area (Å²) in [4.78, 5) is 14.2. The second-order valence-electron chi connectivity index (χ2n) is 6.47. The zero-order valence-electron chi connectivity index (χ0n) is 15.1. The van der Waals surface area contributed by atoms with Gasteiger partial charge in [0.25, 0.3) is 0 Å². The van der Waals surface area contributed by atoms with E-state index >= 15 is 0 Å². The number of likely N-dealkylation sites (tertiary alicyclic amines) is 1. The Morgan fingerprint density at radius 1 is 1.35 bits per heavy atom. The Bertz CT molecular complexity index is 608. The molecule has 1 heterocycles. The lowest BCUT2D eigenvalue weighted by Gasteiger charge is -2.19. The molecule has 1 aliphatic heterocycles. The van der Waals surface area contributed by atoms with Gasteiger partial charge in [-0.2, -0.15) is 13.2 Å². The van der Waals surface area contributed by atoms with Gasteiger partial charge in [0, 0.05) is 19.0 Å². The third kappa shape index (κ3) is 6.40. The van der Waals surface area contributed by atoms with Gasteiger partial charge in [0.1, 0.15) is 0 Å². The van der Waals surface area contributed by atoms with E-state index in [1.54, 1.807) is 12.1 Å². The van der Waals surface area contributed by atoms with Crippen LogP contribution in [0.25, 0.3) is 0 Å². The van der Waals surface area contributed by atoms with E-state index in [0.717, 1.165) is 24.9 Å². The zero-order chi connectivity index (χ0) is 19.2. The highest BCUT2D eigenvalue weighted by atomic mass is 19.4. The molecule has 1 aromatic carbocycles. The van der Waals surface area contributed by atoms with Crippen molar-refractivity contribution in [3.05, 3.63) is 23.8 Å². The van der Waals surface area contributed by atoms with Gasteiger partial charge in [0.05, 0.1) is 7.11 Å². The molecule has 1 atom stereocenters. The van der Waals surface area contributed by atoms with Crippen LogP contribution < -0.4 is 14.8 Å². The number of carbonyl (C=O) groups excluding carboxylic acids is 1. The van der Waals surface area contributed by atoms with Gasteiger partial charge < -0.3 is 19.7 Å². The second kappa shape index (κ2) is 9.12. The summed E-state index contributed by atoms with van der Waals surface area (Å²) >= 11 is 0. The number of alkyl halides is 3. The Morgan fingerprint density at radius 2 is 2.12 bits per heavy atom. The fourth-order valence-corrected chi connectivity index (χ4v) is 2.96. The highest BCUT2D eigenvalue weighted by molar-refractivity contribution is 5.76. The normalized spacial score (nSPS) is 18.0. The minimum Gasteiger partial charge on any atom is -0.493 e. The van der Waals surface area contributed by atoms with Gasteiger partial charge in [-0.05, 0) is 50.6 Å². The van der Waals surface area contributed by atoms with Crippen molar-refractivity contribution in [3.8, 4) is 11.5 Å². The molecule has 0 radical (unpaired) electrons. The molecule has 26 heavy (non-hydrogen) atoms. The lowest BCUT2D eigenvalue weighted by molar-refractivity contribution is -0.153. The summed E-state index contributed by atoms with van der Waals surface area (Å²) in [6.45, 7) is 0.326. The number of hydrogen-bond donors (Lipinski definition) is 1. The van der Waals surface area contributed by atoms with Gasteiger partial charge in [0.2, 0.25) is 5.91 Å². The van der Waals surface area contributed by atoms with Crippen LogP contribution in [0.5, 0.6) is 11.5 Å². The number of aryl methyl sites for hydroxylation is 1. The molecular formula is C18H25F3N2O3. The average molecular weight is 374 g/mol. The van der Waals surface area contributed by atoms with Crippen LogP contribution in [-0.2, 0) is 11.2 Å². The number of benzene rings is 1. The van der Waals surface area contributed by atoms with Gasteiger partial charge >= 0.3 is 6.18 Å². The van der Waals surface area contributed by atoms with Crippen LogP contribution in [-0.4, -0.2) is 56.9 Å². The number of carbonyl (C=O) groups is 1. The van der Waals surface area contributed by atoms with E-state index in [0.29, 0.717) is 25.4 Å². The summed E-state index contributed by atoms with van der Waals surface area (Å²) in [5.41, 5.74) is 0.800. The first-order valence-corrected chi connectivity index (χ1v) is 8.62. The predicted molar refractivity (Wildman–Crippen MR) is 91.5 cm³/mol. The fourth-order valence-electron chi connectivity index (χ4n) is 2.96. The maximum absolute atomic E-state index is 12.3. The maximum atomic E-state index is 12.3. The number of methoxy groups -OCH3 is 1. The van der Waals surface area contributed by atoms with Crippen molar-refractivity contribution in [2.45, 2.75) is 37.9 Å². The summed E-state index contributed by atoms with van der Waals surface area (Å²) < 4.78 is 46.6. The van der Waals surface area contributed by atoms with E-state index in [-0.39, 0.29) is 17.4 Å². The van der Waals surface area contributed by atoms with Crippen LogP contribution in [0.15, 0.2) is 18.2 Å². The molecular weight excluding hydrogens is 349 g/mol. The van der Waals surface area contributed by atoms with Crippen LogP contribution in [0.3, 0.4) is 0 Å². The number of halogens is 3. The van der Waals surface area contributed by atoms with Crippen molar-refractivity contribution in [3.63, 3.8) is 0 Å². The third-order valence-corrected chi connectivity index (χ3v) is 4.47. The van der Waals surface area contributed by atoms with E-state index in [2.05, 4.69) is 17.3 Å². The number of likely N-dealkylation sites (N-methyl/N-ethyl adjacent to an activating group) is 1. The van der Waals surface area contributed by atoms with E-state index in [1.807, 2.05) is 0 Å². The molecule has 1 saturated heterocycles. The van der Waals surface area contributed by atoms with Gasteiger partial charge in [-0.15, -0.1) is 0 Å². The lowest BCUT2D eigenvalue weighted by atomic mass is 10.1. The first-order chi connectivity index (χ1) is 12.3. The summed E-state index contributed by atoms with van der Waals surface area (Å²) in [6.07, 6.45) is -1.38. The van der Waals surface area contributed by atoms with Crippen molar-refractivity contribution in [2.24, 2.45) is 0 Å². The molecule has 1 fully saturated rings. The topological polar surface area (TPSA) is 50.8 Å². The molecule has 5 nitrogen and oxygen atoms in total. The SMILES string of the molecule is COc1cc(CCC(=O)NC[C@@H]2CCCN2C)ccc1OCC(F)(F)F. The van der Waals surface area contributed by atoms with Crippen molar-refractivity contribution in [1.29, 1.82) is 0 Å². The van der Waals surface area contributed by atoms with Crippen LogP contribution in [0.4, 0.5) is 13.2 Å². The maximum Gasteiger partial charge on any atom is 0.422 e. The predicted octanol–water partition coefficient (Wildman–Crippen LogP) is 2.78. The summed E-state index contributed by atoms with van der Waals surface area (Å²) in [5.74, 6) is 0.212. The number of ether oxygens (including phenoxy) is 2. The van der Waals surface area contributed by atoms with Gasteiger partial charge in [-0.25, -0.2) is 0 Å². The van der Waals surface area contributed by atoms with Crippen LogP contribution in [0.1, 0.15) is 24.8 Å². The number of hydrogen-bond acceptors (Lipinski definition) is 4. The van der Waals surface area contributed by atoms with Crippen molar-refractivity contribution < 1.29 is 27.4 Å². The highest BCUT2D eigenvalue weighted by Crippen LogP contribution is 2.30. The Morgan fingerprint density at radius 3 is 2.73 bits per heavy atom. The molecule has 0 saturated carbocycles. The molecule has 0 unspecified atom stereocenters. The van der Waals surface area contributed by atoms with Gasteiger partial charge in [0.15, 0.2) is 18.1 Å². The monoisotopic (exact) mass is 374 g/mol. The summed E-state index contributed by atoms with van der Waals surface area (Å²) in [5, 5.41) is 2.94. The molecule has 0 aromatic heterocycles. The molecule has 0 bridgehead atoms. The minimum absolute atomic E-state index is 0.0299. The lowest BCUT2D eigenvalue weighted by Crippen LogP contribution is -2.38. The molecule has 1 aliphatic rings. The van der Waals surface area contributed by atoms with Crippen molar-refractivity contribution in [1.82, 2.24) is 10.2 Å². The molecule has 1 amide bonds. The molecule has 0 aliphatic carbocycles.